The zero-order chi connectivity index (χ0) is 13.7. The molecule has 19 heavy (non-hydrogen) atoms. The van der Waals surface area contributed by atoms with Crippen molar-refractivity contribution in [2.75, 3.05) is 19.6 Å². The largest absolute Gasteiger partial charge is 0.330 e. The zero-order valence-electron chi connectivity index (χ0n) is 10.8. The lowest BCUT2D eigenvalue weighted by atomic mass is 10.0. The molecule has 1 saturated heterocycles. The number of nitrogens with zero attached hydrogens (tertiary/aromatic N) is 2. The van der Waals surface area contributed by atoms with Gasteiger partial charge in [-0.2, -0.15) is 17.4 Å². The van der Waals surface area contributed by atoms with E-state index in [9.17, 15) is 8.42 Å². The molecule has 0 bridgehead atoms. The Labute approximate surface area is 114 Å². The second kappa shape index (κ2) is 6.42. The molecule has 0 saturated carbocycles. The van der Waals surface area contributed by atoms with Crippen molar-refractivity contribution in [3.05, 3.63) is 30.1 Å². The molecule has 1 fully saturated rings. The minimum Gasteiger partial charge on any atom is -0.330 e. The monoisotopic (exact) mass is 284 g/mol. The minimum atomic E-state index is -3.42. The second-order valence-electron chi connectivity index (χ2n) is 4.78. The number of aromatic nitrogens is 1. The maximum Gasteiger partial charge on any atom is 0.279 e. The SMILES string of the molecule is NCC1CCCN(S(=O)(=O)NCc2ccncc2)C1. The summed E-state index contributed by atoms with van der Waals surface area (Å²) in [5, 5.41) is 0. The van der Waals surface area contributed by atoms with Crippen LogP contribution in [-0.4, -0.2) is 37.3 Å². The topological polar surface area (TPSA) is 88.3 Å². The van der Waals surface area contributed by atoms with Crippen molar-refractivity contribution in [3.8, 4) is 0 Å². The quantitative estimate of drug-likeness (QED) is 0.802. The van der Waals surface area contributed by atoms with Gasteiger partial charge in [0, 0.05) is 32.0 Å². The first kappa shape index (κ1) is 14.4. The van der Waals surface area contributed by atoms with Gasteiger partial charge in [-0.3, -0.25) is 4.98 Å². The molecule has 0 amide bonds. The van der Waals surface area contributed by atoms with E-state index in [0.29, 0.717) is 19.6 Å². The molecular weight excluding hydrogens is 264 g/mol. The average molecular weight is 284 g/mol. The van der Waals surface area contributed by atoms with Gasteiger partial charge in [0.1, 0.15) is 0 Å². The summed E-state index contributed by atoms with van der Waals surface area (Å²) in [5.41, 5.74) is 6.52. The van der Waals surface area contributed by atoms with Crippen LogP contribution in [0.1, 0.15) is 18.4 Å². The fourth-order valence-corrected chi connectivity index (χ4v) is 3.51. The van der Waals surface area contributed by atoms with Crippen LogP contribution in [0.15, 0.2) is 24.5 Å². The van der Waals surface area contributed by atoms with Crippen LogP contribution in [0.4, 0.5) is 0 Å². The molecular formula is C12H20N4O2S. The van der Waals surface area contributed by atoms with Crippen molar-refractivity contribution in [2.24, 2.45) is 11.7 Å². The highest BCUT2D eigenvalue weighted by Gasteiger charge is 2.27. The standard InChI is InChI=1S/C12H20N4O2S/c13-8-12-2-1-7-16(10-12)19(17,18)15-9-11-3-5-14-6-4-11/h3-6,12,15H,1-2,7-10,13H2. The maximum atomic E-state index is 12.2. The van der Waals surface area contributed by atoms with E-state index in [1.54, 1.807) is 24.5 Å². The summed E-state index contributed by atoms with van der Waals surface area (Å²) in [6.07, 6.45) is 5.18. The van der Waals surface area contributed by atoms with Crippen molar-refractivity contribution in [2.45, 2.75) is 19.4 Å². The molecule has 0 spiro atoms. The number of nitrogens with one attached hydrogen (secondary N) is 1. The van der Waals surface area contributed by atoms with E-state index < -0.39 is 10.2 Å². The van der Waals surface area contributed by atoms with Gasteiger partial charge in [-0.1, -0.05) is 0 Å². The highest BCUT2D eigenvalue weighted by Crippen LogP contribution is 2.17. The summed E-state index contributed by atoms with van der Waals surface area (Å²) in [7, 11) is -3.42. The number of rotatable bonds is 5. The van der Waals surface area contributed by atoms with Gasteiger partial charge in [0.25, 0.3) is 10.2 Å². The third kappa shape index (κ3) is 3.97. The molecule has 3 N–H and O–H groups in total. The smallest absolute Gasteiger partial charge is 0.279 e. The molecule has 2 rings (SSSR count). The third-order valence-corrected chi connectivity index (χ3v) is 4.88. The fourth-order valence-electron chi connectivity index (χ4n) is 2.20. The van der Waals surface area contributed by atoms with Gasteiger partial charge >= 0.3 is 0 Å². The van der Waals surface area contributed by atoms with Crippen LogP contribution in [0.2, 0.25) is 0 Å². The molecule has 1 aromatic heterocycles. The predicted octanol–water partition coefficient (Wildman–Crippen LogP) is 0.0867. The van der Waals surface area contributed by atoms with Crippen LogP contribution >= 0.6 is 0 Å². The van der Waals surface area contributed by atoms with Crippen LogP contribution in [0.3, 0.4) is 0 Å². The van der Waals surface area contributed by atoms with Gasteiger partial charge < -0.3 is 5.73 Å². The van der Waals surface area contributed by atoms with Crippen LogP contribution in [0.5, 0.6) is 0 Å². The van der Waals surface area contributed by atoms with E-state index in [1.807, 2.05) is 0 Å². The van der Waals surface area contributed by atoms with Gasteiger partial charge in [-0.05, 0) is 43.0 Å². The van der Waals surface area contributed by atoms with Gasteiger partial charge in [-0.25, -0.2) is 0 Å². The number of pyridine rings is 1. The Kier molecular flexibility index (Phi) is 4.87. The van der Waals surface area contributed by atoms with E-state index in [1.165, 1.54) is 4.31 Å². The Morgan fingerprint density at radius 1 is 1.42 bits per heavy atom. The van der Waals surface area contributed by atoms with Crippen molar-refractivity contribution in [1.82, 2.24) is 14.0 Å². The predicted molar refractivity (Wildman–Crippen MR) is 73.3 cm³/mol. The van der Waals surface area contributed by atoms with Crippen LogP contribution < -0.4 is 10.5 Å². The van der Waals surface area contributed by atoms with Gasteiger partial charge in [0.2, 0.25) is 0 Å². The molecule has 1 aromatic rings. The van der Waals surface area contributed by atoms with E-state index in [-0.39, 0.29) is 12.5 Å². The van der Waals surface area contributed by atoms with Gasteiger partial charge in [0.15, 0.2) is 0 Å². The molecule has 106 valence electrons. The summed E-state index contributed by atoms with van der Waals surface area (Å²) >= 11 is 0. The highest BCUT2D eigenvalue weighted by atomic mass is 32.2. The molecule has 1 aliphatic rings. The Morgan fingerprint density at radius 3 is 2.84 bits per heavy atom. The molecule has 6 nitrogen and oxygen atoms in total. The molecule has 0 radical (unpaired) electrons. The summed E-state index contributed by atoms with van der Waals surface area (Å²) < 4.78 is 28.5. The van der Waals surface area contributed by atoms with Crippen LogP contribution in [0.25, 0.3) is 0 Å². The summed E-state index contributed by atoms with van der Waals surface area (Å²) in [6.45, 7) is 1.91. The third-order valence-electron chi connectivity index (χ3n) is 3.36. The summed E-state index contributed by atoms with van der Waals surface area (Å²) in [5.74, 6) is 0.270. The van der Waals surface area contributed by atoms with Gasteiger partial charge in [-0.15, -0.1) is 0 Å². The fraction of sp³-hybridized carbons (Fsp3) is 0.583. The maximum absolute atomic E-state index is 12.2. The molecule has 0 aromatic carbocycles. The Balaban J connectivity index is 1.94. The van der Waals surface area contributed by atoms with Crippen molar-refractivity contribution in [1.29, 1.82) is 0 Å². The van der Waals surface area contributed by atoms with Crippen molar-refractivity contribution in [3.63, 3.8) is 0 Å². The first-order valence-corrected chi connectivity index (χ1v) is 7.89. The lowest BCUT2D eigenvalue weighted by Crippen LogP contribution is -2.47. The molecule has 0 aliphatic carbocycles. The van der Waals surface area contributed by atoms with E-state index in [4.69, 9.17) is 5.73 Å². The zero-order valence-corrected chi connectivity index (χ0v) is 11.6. The molecule has 7 heteroatoms. The molecule has 2 heterocycles. The van der Waals surface area contributed by atoms with E-state index >= 15 is 0 Å². The first-order valence-electron chi connectivity index (χ1n) is 6.45. The second-order valence-corrected chi connectivity index (χ2v) is 6.54. The minimum absolute atomic E-state index is 0.270. The summed E-state index contributed by atoms with van der Waals surface area (Å²) in [4.78, 5) is 3.90. The number of piperidine rings is 1. The summed E-state index contributed by atoms with van der Waals surface area (Å²) in [6, 6.07) is 3.59. The lowest BCUT2D eigenvalue weighted by molar-refractivity contribution is 0.268. The average Bonchev–Trinajstić information content (AvgIpc) is 2.46. The molecule has 1 aliphatic heterocycles. The Bertz CT molecular complexity index is 492. The van der Waals surface area contributed by atoms with Crippen molar-refractivity contribution < 1.29 is 8.42 Å². The number of hydrogen-bond donors (Lipinski definition) is 2. The Morgan fingerprint density at radius 2 is 2.16 bits per heavy atom. The van der Waals surface area contributed by atoms with E-state index in [2.05, 4.69) is 9.71 Å². The first-order chi connectivity index (χ1) is 9.12. The van der Waals surface area contributed by atoms with Crippen molar-refractivity contribution >= 4 is 10.2 Å². The highest BCUT2D eigenvalue weighted by molar-refractivity contribution is 7.87. The molecule has 1 atom stereocenters. The van der Waals surface area contributed by atoms with Crippen LogP contribution in [0, 0.1) is 5.92 Å². The number of hydrogen-bond acceptors (Lipinski definition) is 4. The normalized spacial score (nSPS) is 21.4. The number of nitrogens with two attached hydrogens (primary N) is 1. The van der Waals surface area contributed by atoms with Crippen LogP contribution in [-0.2, 0) is 16.8 Å². The Hall–Kier alpha value is -1.02. The van der Waals surface area contributed by atoms with Gasteiger partial charge in [0.05, 0.1) is 0 Å². The van der Waals surface area contributed by atoms with E-state index in [0.717, 1.165) is 18.4 Å². The molecule has 1 unspecified atom stereocenters. The lowest BCUT2D eigenvalue weighted by Gasteiger charge is -2.31.